The van der Waals surface area contributed by atoms with Gasteiger partial charge in [-0.1, -0.05) is 57.0 Å². The number of carboxylic acid groups (broad SMARTS) is 1. The second-order valence-corrected chi connectivity index (χ2v) is 14.4. The average molecular weight is 755 g/mol. The van der Waals surface area contributed by atoms with E-state index in [-0.39, 0.29) is 48.5 Å². The van der Waals surface area contributed by atoms with Crippen molar-refractivity contribution in [1.29, 1.82) is 0 Å². The second kappa shape index (κ2) is 17.0. The maximum absolute atomic E-state index is 15.2. The van der Waals surface area contributed by atoms with Crippen LogP contribution in [0.1, 0.15) is 91.0 Å². The van der Waals surface area contributed by atoms with Gasteiger partial charge in [-0.2, -0.15) is 13.2 Å². The van der Waals surface area contributed by atoms with E-state index in [9.17, 15) is 37.5 Å². The van der Waals surface area contributed by atoms with Crippen LogP contribution in [0.4, 0.5) is 33.7 Å². The third-order valence-electron chi connectivity index (χ3n) is 10.3. The van der Waals surface area contributed by atoms with E-state index in [1.165, 1.54) is 41.0 Å². The average Bonchev–Trinajstić information content (AvgIpc) is 3.64. The number of carbonyl (C=O) groups excluding carboxylic acids is 3. The first kappa shape index (κ1) is 40.2. The second-order valence-electron chi connectivity index (χ2n) is 14.4. The van der Waals surface area contributed by atoms with E-state index < -0.39 is 59.4 Å². The number of carboxylic acids is 1. The summed E-state index contributed by atoms with van der Waals surface area (Å²) in [5.74, 6) is -4.20. The summed E-state index contributed by atoms with van der Waals surface area (Å²) >= 11 is 0. The summed E-state index contributed by atoms with van der Waals surface area (Å²) in [6.45, 7) is 6.27. The van der Waals surface area contributed by atoms with Crippen LogP contribution in [0.3, 0.4) is 0 Å². The minimum Gasteiger partial charge on any atom is -0.480 e. The standard InChI is InChI=1S/C40H46F4N4O6/c1-23(2)34(38(51)52)45-22-54-39(53)48(28-10-5-6-11-28)29-18-15-26(16-19-29)35-30(36(49)46-27-17-14-24(3)31(21-27)40(42,43)44)12-8-20-47(35)37(50)33-25(4)9-7-13-32(33)41/h7,9,13-19,21,23,28,30,34-35,45H,5-6,8,10-12,20,22H2,1-4H3,(H,46,49)(H,51,52)/t30-,34-,35-/m0/s1. The topological polar surface area (TPSA) is 128 Å². The Hall–Kier alpha value is -4.98. The molecule has 1 aliphatic heterocycles. The number of piperidine rings is 1. The number of nitrogens with one attached hydrogen (secondary N) is 2. The van der Waals surface area contributed by atoms with E-state index in [1.807, 2.05) is 0 Å². The predicted octanol–water partition coefficient (Wildman–Crippen LogP) is 8.24. The Morgan fingerprint density at radius 2 is 1.63 bits per heavy atom. The Morgan fingerprint density at radius 3 is 2.24 bits per heavy atom. The summed E-state index contributed by atoms with van der Waals surface area (Å²) < 4.78 is 61.8. The third-order valence-corrected chi connectivity index (χ3v) is 10.3. The number of ether oxygens (including phenoxy) is 1. The van der Waals surface area contributed by atoms with Crippen molar-refractivity contribution in [2.45, 2.75) is 90.5 Å². The van der Waals surface area contributed by atoms with Crippen molar-refractivity contribution in [3.8, 4) is 0 Å². The zero-order valence-electron chi connectivity index (χ0n) is 30.7. The van der Waals surface area contributed by atoms with Gasteiger partial charge in [-0.15, -0.1) is 0 Å². The van der Waals surface area contributed by atoms with Crippen LogP contribution in [0.15, 0.2) is 60.7 Å². The van der Waals surface area contributed by atoms with Crippen molar-refractivity contribution >= 4 is 35.3 Å². The molecule has 3 atom stereocenters. The van der Waals surface area contributed by atoms with Crippen molar-refractivity contribution in [2.75, 3.05) is 23.5 Å². The normalized spacial score (nSPS) is 18.4. The number of amides is 3. The molecule has 54 heavy (non-hydrogen) atoms. The van der Waals surface area contributed by atoms with E-state index in [2.05, 4.69) is 10.6 Å². The van der Waals surface area contributed by atoms with E-state index in [4.69, 9.17) is 4.74 Å². The quantitative estimate of drug-likeness (QED) is 0.133. The first-order chi connectivity index (χ1) is 25.6. The van der Waals surface area contributed by atoms with E-state index in [1.54, 1.807) is 51.1 Å². The Morgan fingerprint density at radius 1 is 0.944 bits per heavy atom. The van der Waals surface area contributed by atoms with Gasteiger partial charge < -0.3 is 20.1 Å². The smallest absolute Gasteiger partial charge is 0.416 e. The molecule has 3 N–H and O–H groups in total. The highest BCUT2D eigenvalue weighted by molar-refractivity contribution is 5.98. The molecule has 2 fully saturated rings. The molecule has 10 nitrogen and oxygen atoms in total. The number of anilines is 2. The Labute approximate surface area is 311 Å². The maximum Gasteiger partial charge on any atom is 0.416 e. The molecule has 0 bridgehead atoms. The van der Waals surface area contributed by atoms with E-state index in [0.29, 0.717) is 23.2 Å². The van der Waals surface area contributed by atoms with Crippen molar-refractivity contribution in [3.63, 3.8) is 0 Å². The highest BCUT2D eigenvalue weighted by Crippen LogP contribution is 2.40. The number of alkyl halides is 3. The van der Waals surface area contributed by atoms with Gasteiger partial charge in [0.15, 0.2) is 0 Å². The van der Waals surface area contributed by atoms with Crippen LogP contribution in [-0.2, 0) is 20.5 Å². The van der Waals surface area contributed by atoms with Gasteiger partial charge >= 0.3 is 18.2 Å². The number of carbonyl (C=O) groups is 4. The molecular weight excluding hydrogens is 708 g/mol. The first-order valence-corrected chi connectivity index (χ1v) is 18.2. The van der Waals surface area contributed by atoms with Crippen LogP contribution in [-0.4, -0.2) is 59.2 Å². The minimum atomic E-state index is -4.63. The number of hydrogen-bond acceptors (Lipinski definition) is 6. The molecular formula is C40H46F4N4O6. The number of nitrogens with zero attached hydrogens (tertiary/aromatic N) is 2. The van der Waals surface area contributed by atoms with Gasteiger partial charge in [0.2, 0.25) is 5.91 Å². The third kappa shape index (κ3) is 9.03. The van der Waals surface area contributed by atoms with Gasteiger partial charge in [0.05, 0.1) is 23.1 Å². The van der Waals surface area contributed by atoms with Crippen molar-refractivity contribution < 1.29 is 46.6 Å². The lowest BCUT2D eigenvalue weighted by Gasteiger charge is -2.41. The largest absolute Gasteiger partial charge is 0.480 e. The molecule has 2 aliphatic rings. The molecule has 290 valence electrons. The number of halogens is 4. The summed E-state index contributed by atoms with van der Waals surface area (Å²) in [6.07, 6.45) is -1.40. The van der Waals surface area contributed by atoms with Crippen LogP contribution in [0.2, 0.25) is 0 Å². The SMILES string of the molecule is Cc1ccc(NC(=O)[C@H]2CCCN(C(=O)c3c(C)cccc3F)[C@H]2c2ccc(N(C(=O)OCN[C@H](C(=O)O)C(C)C)C3CCCC3)cc2)cc1C(F)(F)F. The molecule has 3 aromatic rings. The number of aryl methyl sites for hydroxylation is 2. The zero-order chi connectivity index (χ0) is 39.3. The monoisotopic (exact) mass is 754 g/mol. The van der Waals surface area contributed by atoms with Gasteiger partial charge in [0.1, 0.15) is 18.6 Å². The summed E-state index contributed by atoms with van der Waals surface area (Å²) in [7, 11) is 0. The molecule has 5 rings (SSSR count). The number of benzene rings is 3. The van der Waals surface area contributed by atoms with Gasteiger partial charge in [0.25, 0.3) is 5.91 Å². The molecule has 0 radical (unpaired) electrons. The fourth-order valence-corrected chi connectivity index (χ4v) is 7.53. The van der Waals surface area contributed by atoms with Crippen LogP contribution in [0.5, 0.6) is 0 Å². The lowest BCUT2D eigenvalue weighted by atomic mass is 9.83. The number of hydrogen-bond donors (Lipinski definition) is 3. The molecule has 14 heteroatoms. The molecule has 0 aromatic heterocycles. The Kier molecular flexibility index (Phi) is 12.7. The highest BCUT2D eigenvalue weighted by atomic mass is 19.4. The Balaban J connectivity index is 1.48. The van der Waals surface area contributed by atoms with E-state index >= 15 is 4.39 Å². The molecule has 1 aliphatic carbocycles. The fourth-order valence-electron chi connectivity index (χ4n) is 7.53. The van der Waals surface area contributed by atoms with Crippen LogP contribution in [0, 0.1) is 31.5 Å². The summed E-state index contributed by atoms with van der Waals surface area (Å²) in [5.41, 5.74) is 0.314. The minimum absolute atomic E-state index is 0.0000306. The number of likely N-dealkylation sites (tertiary alicyclic amines) is 1. The molecule has 0 spiro atoms. The summed E-state index contributed by atoms with van der Waals surface area (Å²) in [4.78, 5) is 56.2. The van der Waals surface area contributed by atoms with Crippen molar-refractivity contribution in [3.05, 3.63) is 94.3 Å². The zero-order valence-corrected chi connectivity index (χ0v) is 30.7. The Bertz CT molecular complexity index is 1820. The molecule has 3 amide bonds. The predicted molar refractivity (Wildman–Crippen MR) is 194 cm³/mol. The van der Waals surface area contributed by atoms with Gasteiger partial charge in [-0.25, -0.2) is 9.18 Å². The molecule has 1 heterocycles. The summed E-state index contributed by atoms with van der Waals surface area (Å²) in [6, 6.07) is 12.5. The maximum atomic E-state index is 15.2. The van der Waals surface area contributed by atoms with Gasteiger partial charge in [-0.3, -0.25) is 24.6 Å². The molecule has 1 saturated heterocycles. The number of aliphatic carboxylic acids is 1. The first-order valence-electron chi connectivity index (χ1n) is 18.2. The van der Waals surface area contributed by atoms with Crippen LogP contribution in [0.25, 0.3) is 0 Å². The molecule has 3 aromatic carbocycles. The van der Waals surface area contributed by atoms with Crippen molar-refractivity contribution in [1.82, 2.24) is 10.2 Å². The lowest BCUT2D eigenvalue weighted by Crippen LogP contribution is -2.47. The molecule has 0 unspecified atom stereocenters. The number of rotatable bonds is 11. The fraction of sp³-hybridized carbons (Fsp3) is 0.450. The van der Waals surface area contributed by atoms with Gasteiger partial charge in [0, 0.05) is 24.0 Å². The van der Waals surface area contributed by atoms with Crippen LogP contribution >= 0.6 is 0 Å². The van der Waals surface area contributed by atoms with E-state index in [0.717, 1.165) is 31.7 Å². The van der Waals surface area contributed by atoms with Crippen LogP contribution < -0.4 is 15.5 Å². The van der Waals surface area contributed by atoms with Gasteiger partial charge in [-0.05, 0) is 92.5 Å². The van der Waals surface area contributed by atoms with Crippen molar-refractivity contribution in [2.24, 2.45) is 11.8 Å². The lowest BCUT2D eigenvalue weighted by molar-refractivity contribution is -0.141. The molecule has 1 saturated carbocycles. The highest BCUT2D eigenvalue weighted by Gasteiger charge is 2.41. The summed E-state index contributed by atoms with van der Waals surface area (Å²) in [5, 5.41) is 14.9.